The minimum atomic E-state index is -1.40. The molecule has 0 heterocycles. The molecule has 0 fully saturated rings. The third-order valence-corrected chi connectivity index (χ3v) is 5.50. The van der Waals surface area contributed by atoms with Crippen molar-refractivity contribution in [3.63, 3.8) is 0 Å². The summed E-state index contributed by atoms with van der Waals surface area (Å²) in [6.45, 7) is 5.94. The minimum Gasteiger partial charge on any atom is -0.497 e. The van der Waals surface area contributed by atoms with Crippen LogP contribution in [0.2, 0.25) is 0 Å². The van der Waals surface area contributed by atoms with Crippen LogP contribution in [0.25, 0.3) is 0 Å². The molecule has 0 radical (unpaired) electrons. The molecule has 0 saturated carbocycles. The maximum Gasteiger partial charge on any atom is 0.306 e. The van der Waals surface area contributed by atoms with Crippen molar-refractivity contribution in [3.05, 3.63) is 89.5 Å². The van der Waals surface area contributed by atoms with Crippen LogP contribution in [-0.2, 0) is 15.1 Å². The fourth-order valence-electron chi connectivity index (χ4n) is 3.76. The highest BCUT2D eigenvalue weighted by molar-refractivity contribution is 5.69. The van der Waals surface area contributed by atoms with Gasteiger partial charge in [0.1, 0.15) is 28.5 Å². The topological polar surface area (TPSA) is 74.2 Å². The number of carbonyl (C=O) groups is 1. The molecule has 0 spiro atoms. The molecule has 3 aromatic carbocycles. The summed E-state index contributed by atoms with van der Waals surface area (Å²) in [6.07, 6.45) is 0.850. The molecule has 3 rings (SSSR count). The Bertz CT molecular complexity index is 1030. The summed E-state index contributed by atoms with van der Waals surface area (Å²) in [5, 5.41) is 12.0. The van der Waals surface area contributed by atoms with E-state index < -0.39 is 11.2 Å². The Morgan fingerprint density at radius 3 is 1.49 bits per heavy atom. The molecule has 0 aliphatic rings. The number of esters is 1. The number of carbonyl (C=O) groups excluding carboxylic acids is 1. The number of ether oxygens (including phenoxy) is 4. The van der Waals surface area contributed by atoms with Crippen LogP contribution in [0.3, 0.4) is 0 Å². The van der Waals surface area contributed by atoms with Gasteiger partial charge in [-0.05, 0) is 80.3 Å². The highest BCUT2D eigenvalue weighted by Crippen LogP contribution is 2.38. The number of rotatable bonds is 10. The molecule has 0 atom stereocenters. The summed E-state index contributed by atoms with van der Waals surface area (Å²) in [7, 11) is 3.22. The van der Waals surface area contributed by atoms with Crippen molar-refractivity contribution in [2.24, 2.45) is 0 Å². The third kappa shape index (κ3) is 6.76. The van der Waals surface area contributed by atoms with Crippen molar-refractivity contribution in [3.8, 4) is 17.2 Å². The Morgan fingerprint density at radius 2 is 1.11 bits per heavy atom. The molecule has 0 aromatic heterocycles. The average molecular weight is 479 g/mol. The zero-order valence-electron chi connectivity index (χ0n) is 21.0. The number of benzene rings is 3. The van der Waals surface area contributed by atoms with Gasteiger partial charge in [0, 0.05) is 6.42 Å². The van der Waals surface area contributed by atoms with E-state index in [0.717, 1.165) is 0 Å². The monoisotopic (exact) mass is 478 g/mol. The maximum atomic E-state index is 12.0. The second-order valence-corrected chi connectivity index (χ2v) is 9.23. The van der Waals surface area contributed by atoms with Gasteiger partial charge in [0.25, 0.3) is 0 Å². The smallest absolute Gasteiger partial charge is 0.306 e. The Kier molecular flexibility index (Phi) is 8.41. The lowest BCUT2D eigenvalue weighted by molar-refractivity contribution is -0.155. The zero-order chi connectivity index (χ0) is 25.5. The molecular formula is C29H34O6. The van der Waals surface area contributed by atoms with Crippen LogP contribution in [0.4, 0.5) is 0 Å². The summed E-state index contributed by atoms with van der Waals surface area (Å²) in [6, 6.07) is 22.0. The standard InChI is InChI=1S/C29H34O6/c1-28(2,3)35-27(30)7-6-20-34-26-18-12-23(13-19-26)29(31,21-8-14-24(32-4)15-9-21)22-10-16-25(33-5)17-11-22/h8-19,31H,6-7,20H2,1-5H3. The summed E-state index contributed by atoms with van der Waals surface area (Å²) >= 11 is 0. The van der Waals surface area contributed by atoms with E-state index in [0.29, 0.717) is 53.4 Å². The van der Waals surface area contributed by atoms with E-state index in [9.17, 15) is 9.90 Å². The lowest BCUT2D eigenvalue weighted by Gasteiger charge is -2.30. The van der Waals surface area contributed by atoms with Gasteiger partial charge in [-0.15, -0.1) is 0 Å². The number of hydrogen-bond donors (Lipinski definition) is 1. The van der Waals surface area contributed by atoms with Crippen LogP contribution in [-0.4, -0.2) is 37.5 Å². The van der Waals surface area contributed by atoms with Crippen LogP contribution >= 0.6 is 0 Å². The van der Waals surface area contributed by atoms with E-state index in [1.807, 2.05) is 93.6 Å². The van der Waals surface area contributed by atoms with Gasteiger partial charge in [-0.3, -0.25) is 4.79 Å². The van der Waals surface area contributed by atoms with Gasteiger partial charge in [-0.25, -0.2) is 0 Å². The first-order valence-electron chi connectivity index (χ1n) is 11.6. The van der Waals surface area contributed by atoms with Crippen molar-refractivity contribution in [1.29, 1.82) is 0 Å². The predicted octanol–water partition coefficient (Wildman–Crippen LogP) is 5.49. The quantitative estimate of drug-likeness (QED) is 0.236. The predicted molar refractivity (Wildman–Crippen MR) is 135 cm³/mol. The molecule has 6 heteroatoms. The molecule has 1 N–H and O–H groups in total. The normalized spacial score (nSPS) is 11.6. The Balaban J connectivity index is 1.77. The second-order valence-electron chi connectivity index (χ2n) is 9.23. The molecule has 35 heavy (non-hydrogen) atoms. The zero-order valence-corrected chi connectivity index (χ0v) is 21.0. The first kappa shape index (κ1) is 26.1. The van der Waals surface area contributed by atoms with Gasteiger partial charge in [-0.1, -0.05) is 36.4 Å². The fourth-order valence-corrected chi connectivity index (χ4v) is 3.76. The summed E-state index contributed by atoms with van der Waals surface area (Å²) in [5.41, 5.74) is 0.212. The molecular weight excluding hydrogens is 444 g/mol. The van der Waals surface area contributed by atoms with Gasteiger partial charge in [0.05, 0.1) is 20.8 Å². The highest BCUT2D eigenvalue weighted by atomic mass is 16.6. The molecule has 6 nitrogen and oxygen atoms in total. The molecule has 0 bridgehead atoms. The van der Waals surface area contributed by atoms with E-state index in [2.05, 4.69) is 0 Å². The Labute approximate surface area is 207 Å². The van der Waals surface area contributed by atoms with Gasteiger partial charge in [-0.2, -0.15) is 0 Å². The van der Waals surface area contributed by atoms with Crippen molar-refractivity contribution in [2.45, 2.75) is 44.8 Å². The van der Waals surface area contributed by atoms with Gasteiger partial charge in [0.15, 0.2) is 0 Å². The maximum absolute atomic E-state index is 12.0. The molecule has 3 aromatic rings. The Hall–Kier alpha value is -3.51. The van der Waals surface area contributed by atoms with Crippen molar-refractivity contribution >= 4 is 5.97 Å². The molecule has 0 aliphatic heterocycles. The van der Waals surface area contributed by atoms with E-state index in [1.165, 1.54) is 0 Å². The SMILES string of the molecule is COc1ccc(C(O)(c2ccc(OC)cc2)c2ccc(OCCCC(=O)OC(C)(C)C)cc2)cc1. The van der Waals surface area contributed by atoms with E-state index in [-0.39, 0.29) is 5.97 Å². The largest absolute Gasteiger partial charge is 0.497 e. The summed E-state index contributed by atoms with van der Waals surface area (Å²) in [4.78, 5) is 11.9. The van der Waals surface area contributed by atoms with E-state index in [1.54, 1.807) is 14.2 Å². The second kappa shape index (κ2) is 11.3. The molecule has 186 valence electrons. The van der Waals surface area contributed by atoms with Crippen LogP contribution in [0.1, 0.15) is 50.3 Å². The first-order valence-corrected chi connectivity index (χ1v) is 11.6. The number of aliphatic hydroxyl groups is 1. The summed E-state index contributed by atoms with van der Waals surface area (Å²) in [5.74, 6) is 1.84. The fraction of sp³-hybridized carbons (Fsp3) is 0.345. The van der Waals surface area contributed by atoms with E-state index in [4.69, 9.17) is 18.9 Å². The molecule has 0 aliphatic carbocycles. The molecule has 0 unspecified atom stereocenters. The Morgan fingerprint density at radius 1 is 0.714 bits per heavy atom. The van der Waals surface area contributed by atoms with Crippen molar-refractivity contribution in [1.82, 2.24) is 0 Å². The highest BCUT2D eigenvalue weighted by Gasteiger charge is 2.34. The lowest BCUT2D eigenvalue weighted by atomic mass is 9.80. The first-order chi connectivity index (χ1) is 16.7. The van der Waals surface area contributed by atoms with Gasteiger partial charge >= 0.3 is 5.97 Å². The van der Waals surface area contributed by atoms with Crippen molar-refractivity contribution in [2.75, 3.05) is 20.8 Å². The van der Waals surface area contributed by atoms with Crippen LogP contribution in [0.15, 0.2) is 72.8 Å². The lowest BCUT2D eigenvalue weighted by Crippen LogP contribution is -2.28. The number of hydrogen-bond acceptors (Lipinski definition) is 6. The van der Waals surface area contributed by atoms with Crippen LogP contribution in [0, 0.1) is 0 Å². The minimum absolute atomic E-state index is 0.236. The third-order valence-electron chi connectivity index (χ3n) is 5.50. The number of methoxy groups -OCH3 is 2. The average Bonchev–Trinajstić information content (AvgIpc) is 2.85. The van der Waals surface area contributed by atoms with Gasteiger partial charge in [0.2, 0.25) is 0 Å². The molecule has 0 saturated heterocycles. The van der Waals surface area contributed by atoms with Crippen LogP contribution < -0.4 is 14.2 Å². The van der Waals surface area contributed by atoms with Gasteiger partial charge < -0.3 is 24.1 Å². The summed E-state index contributed by atoms with van der Waals surface area (Å²) < 4.78 is 21.7. The van der Waals surface area contributed by atoms with Crippen LogP contribution in [0.5, 0.6) is 17.2 Å². The molecule has 0 amide bonds. The van der Waals surface area contributed by atoms with E-state index >= 15 is 0 Å². The van der Waals surface area contributed by atoms with Crippen molar-refractivity contribution < 1.29 is 28.8 Å².